The van der Waals surface area contributed by atoms with Gasteiger partial charge in [0.1, 0.15) is 12.0 Å². The molecule has 1 aliphatic heterocycles. The van der Waals surface area contributed by atoms with Crippen molar-refractivity contribution in [3.05, 3.63) is 23.8 Å². The molecule has 0 bridgehead atoms. The molecule has 1 aliphatic rings. The second-order valence-electron chi connectivity index (χ2n) is 5.92. The van der Waals surface area contributed by atoms with Crippen molar-refractivity contribution in [2.24, 2.45) is 0 Å². The Balaban J connectivity index is 2.34. The van der Waals surface area contributed by atoms with Crippen molar-refractivity contribution in [3.63, 3.8) is 0 Å². The molecule has 7 heteroatoms. The van der Waals surface area contributed by atoms with E-state index in [1.807, 2.05) is 27.7 Å². The zero-order valence-corrected chi connectivity index (χ0v) is 12.4. The predicted octanol–water partition coefficient (Wildman–Crippen LogP) is 2.40. The first-order chi connectivity index (χ1) is 9.64. The van der Waals surface area contributed by atoms with Crippen LogP contribution in [-0.4, -0.2) is 31.2 Å². The number of hydrogen-bond donors (Lipinski definition) is 0. The average Bonchev–Trinajstić information content (AvgIpc) is 2.57. The molecule has 21 heavy (non-hydrogen) atoms. The summed E-state index contributed by atoms with van der Waals surface area (Å²) in [5.41, 5.74) is -0.427. The van der Waals surface area contributed by atoms with Gasteiger partial charge >= 0.3 is 13.7 Å². The monoisotopic (exact) mass is 298 g/mol. The number of aldehydes is 1. The highest BCUT2D eigenvalue weighted by Crippen LogP contribution is 2.36. The molecule has 1 saturated heterocycles. The van der Waals surface area contributed by atoms with E-state index in [1.165, 1.54) is 18.2 Å². The number of carbonyl (C=O) groups excluding carboxylic acids is 1. The molecule has 0 amide bonds. The summed E-state index contributed by atoms with van der Waals surface area (Å²) >= 11 is 0. The summed E-state index contributed by atoms with van der Waals surface area (Å²) in [6.07, 6.45) is 0.563. The Labute approximate surface area is 122 Å². The molecule has 0 unspecified atom stereocenters. The van der Waals surface area contributed by atoms with Gasteiger partial charge in [0.15, 0.2) is 0 Å². The minimum Gasteiger partial charge on any atom is -0.435 e. The van der Waals surface area contributed by atoms with Gasteiger partial charge in [-0.25, -0.2) is 0 Å². The first-order valence-corrected chi connectivity index (χ1v) is 6.55. The van der Waals surface area contributed by atoms with E-state index >= 15 is 0 Å². The first kappa shape index (κ1) is 15.9. The third kappa shape index (κ3) is 3.24. The van der Waals surface area contributed by atoms with Crippen LogP contribution in [0.5, 0.6) is 5.75 Å². The first-order valence-electron chi connectivity index (χ1n) is 6.55. The Hall–Kier alpha value is -1.47. The van der Waals surface area contributed by atoms with Gasteiger partial charge < -0.3 is 14.0 Å². The van der Waals surface area contributed by atoms with Crippen LogP contribution in [0.25, 0.3) is 0 Å². The molecule has 0 spiro atoms. The van der Waals surface area contributed by atoms with Gasteiger partial charge in [0.05, 0.1) is 11.2 Å². The molecule has 0 aliphatic carbocycles. The van der Waals surface area contributed by atoms with Gasteiger partial charge in [0, 0.05) is 5.56 Å². The van der Waals surface area contributed by atoms with Crippen molar-refractivity contribution in [2.45, 2.75) is 45.5 Å². The van der Waals surface area contributed by atoms with Crippen LogP contribution in [0, 0.1) is 0 Å². The maximum absolute atomic E-state index is 12.3. The highest BCUT2D eigenvalue weighted by atomic mass is 19.3. The lowest BCUT2D eigenvalue weighted by Crippen LogP contribution is -2.41. The van der Waals surface area contributed by atoms with Gasteiger partial charge in [-0.15, -0.1) is 0 Å². The molecule has 114 valence electrons. The van der Waals surface area contributed by atoms with Gasteiger partial charge in [0.2, 0.25) is 0 Å². The van der Waals surface area contributed by atoms with Gasteiger partial charge in [-0.05, 0) is 45.3 Å². The van der Waals surface area contributed by atoms with E-state index in [4.69, 9.17) is 9.31 Å². The minimum atomic E-state index is -2.96. The Morgan fingerprint density at radius 2 is 1.71 bits per heavy atom. The van der Waals surface area contributed by atoms with E-state index in [1.54, 1.807) is 0 Å². The van der Waals surface area contributed by atoms with Crippen LogP contribution in [0.2, 0.25) is 0 Å². The summed E-state index contributed by atoms with van der Waals surface area (Å²) in [7, 11) is -0.741. The van der Waals surface area contributed by atoms with E-state index in [0.717, 1.165) is 0 Å². The number of ether oxygens (including phenoxy) is 1. The van der Waals surface area contributed by atoms with Crippen molar-refractivity contribution in [1.82, 2.24) is 0 Å². The SMILES string of the molecule is CC1(C)OB(c2cc(C=O)cc(OC(F)F)c2)OC1(C)C. The van der Waals surface area contributed by atoms with Crippen LogP contribution in [0.4, 0.5) is 8.78 Å². The summed E-state index contributed by atoms with van der Waals surface area (Å²) in [5, 5.41) is 0. The molecule has 0 saturated carbocycles. The zero-order chi connectivity index (χ0) is 15.8. The minimum absolute atomic E-state index is 0.0979. The average molecular weight is 298 g/mol. The molecular weight excluding hydrogens is 281 g/mol. The molecule has 1 heterocycles. The van der Waals surface area contributed by atoms with Crippen LogP contribution in [-0.2, 0) is 9.31 Å². The van der Waals surface area contributed by atoms with E-state index in [2.05, 4.69) is 4.74 Å². The van der Waals surface area contributed by atoms with Gasteiger partial charge in [0.25, 0.3) is 0 Å². The summed E-state index contributed by atoms with van der Waals surface area (Å²) in [6.45, 7) is 4.57. The van der Waals surface area contributed by atoms with Crippen molar-refractivity contribution < 1.29 is 27.6 Å². The van der Waals surface area contributed by atoms with E-state index < -0.39 is 24.9 Å². The van der Waals surface area contributed by atoms with Crippen molar-refractivity contribution in [2.75, 3.05) is 0 Å². The smallest absolute Gasteiger partial charge is 0.435 e. The molecule has 0 atom stereocenters. The normalized spacial score (nSPS) is 19.9. The standard InChI is InChI=1S/C14H17BF2O4/c1-13(2)14(3,4)21-15(20-13)10-5-9(8-18)6-11(7-10)19-12(16)17/h5-8,12H,1-4H3. The maximum atomic E-state index is 12.3. The van der Waals surface area contributed by atoms with Crippen molar-refractivity contribution >= 4 is 18.9 Å². The van der Waals surface area contributed by atoms with Crippen LogP contribution in [0.3, 0.4) is 0 Å². The number of halogens is 2. The number of benzene rings is 1. The quantitative estimate of drug-likeness (QED) is 0.632. The Bertz CT molecular complexity index is 530. The predicted molar refractivity (Wildman–Crippen MR) is 74.2 cm³/mol. The van der Waals surface area contributed by atoms with E-state index in [-0.39, 0.29) is 11.3 Å². The summed E-state index contributed by atoms with van der Waals surface area (Å²) < 4.78 is 40.7. The maximum Gasteiger partial charge on any atom is 0.494 e. The topological polar surface area (TPSA) is 44.8 Å². The largest absolute Gasteiger partial charge is 0.494 e. The fourth-order valence-corrected chi connectivity index (χ4v) is 2.00. The van der Waals surface area contributed by atoms with Gasteiger partial charge in [-0.1, -0.05) is 6.07 Å². The fourth-order valence-electron chi connectivity index (χ4n) is 2.00. The third-order valence-electron chi connectivity index (χ3n) is 3.84. The molecular formula is C14H17BF2O4. The van der Waals surface area contributed by atoms with Gasteiger partial charge in [-0.2, -0.15) is 8.78 Å². The lowest BCUT2D eigenvalue weighted by atomic mass is 9.78. The highest BCUT2D eigenvalue weighted by molar-refractivity contribution is 6.62. The fraction of sp³-hybridized carbons (Fsp3) is 0.500. The van der Waals surface area contributed by atoms with Crippen LogP contribution in [0.15, 0.2) is 18.2 Å². The van der Waals surface area contributed by atoms with Gasteiger partial charge in [-0.3, -0.25) is 4.79 Å². The lowest BCUT2D eigenvalue weighted by Gasteiger charge is -2.32. The molecule has 1 fully saturated rings. The molecule has 2 rings (SSSR count). The Kier molecular flexibility index (Phi) is 4.08. The molecule has 0 N–H and O–H groups in total. The summed E-state index contributed by atoms with van der Waals surface area (Å²) in [6, 6.07) is 4.17. The molecule has 0 aromatic heterocycles. The summed E-state index contributed by atoms with van der Waals surface area (Å²) in [5.74, 6) is -0.0979. The number of carbonyl (C=O) groups is 1. The van der Waals surface area contributed by atoms with Crippen LogP contribution >= 0.6 is 0 Å². The Morgan fingerprint density at radius 3 is 2.19 bits per heavy atom. The number of hydrogen-bond acceptors (Lipinski definition) is 4. The second-order valence-corrected chi connectivity index (χ2v) is 5.92. The number of alkyl halides is 2. The Morgan fingerprint density at radius 1 is 1.14 bits per heavy atom. The highest BCUT2D eigenvalue weighted by Gasteiger charge is 2.51. The van der Waals surface area contributed by atoms with Crippen molar-refractivity contribution in [1.29, 1.82) is 0 Å². The van der Waals surface area contributed by atoms with E-state index in [9.17, 15) is 13.6 Å². The molecule has 0 radical (unpaired) electrons. The zero-order valence-electron chi connectivity index (χ0n) is 12.4. The molecule has 4 nitrogen and oxygen atoms in total. The number of rotatable bonds is 4. The second kappa shape index (κ2) is 5.38. The van der Waals surface area contributed by atoms with Crippen molar-refractivity contribution in [3.8, 4) is 5.75 Å². The third-order valence-corrected chi connectivity index (χ3v) is 3.84. The van der Waals surface area contributed by atoms with Crippen LogP contribution in [0.1, 0.15) is 38.1 Å². The summed E-state index contributed by atoms with van der Waals surface area (Å²) in [4.78, 5) is 10.9. The lowest BCUT2D eigenvalue weighted by molar-refractivity contribution is -0.0498. The molecule has 1 aromatic carbocycles. The van der Waals surface area contributed by atoms with E-state index in [0.29, 0.717) is 11.7 Å². The molecule has 1 aromatic rings. The van der Waals surface area contributed by atoms with Crippen LogP contribution < -0.4 is 10.2 Å².